The second-order valence-electron chi connectivity index (χ2n) is 5.16. The maximum absolute atomic E-state index is 14.3. The highest BCUT2D eigenvalue weighted by Crippen LogP contribution is 2.41. The molecule has 1 aliphatic rings. The average Bonchev–Trinajstić information content (AvgIpc) is 2.95. The first-order valence-electron chi connectivity index (χ1n) is 6.21. The number of ether oxygens (including phenoxy) is 1. The molecule has 1 fully saturated rings. The van der Waals surface area contributed by atoms with E-state index in [9.17, 15) is 19.4 Å². The number of nitrogens with two attached hydrogens (primary N) is 1. The highest BCUT2D eigenvalue weighted by Gasteiger charge is 2.53. The lowest BCUT2D eigenvalue weighted by Crippen LogP contribution is -2.42. The van der Waals surface area contributed by atoms with E-state index in [1.807, 2.05) is 0 Å². The van der Waals surface area contributed by atoms with Crippen molar-refractivity contribution >= 4 is 11.6 Å². The summed E-state index contributed by atoms with van der Waals surface area (Å²) < 4.78 is 20.8. The summed E-state index contributed by atoms with van der Waals surface area (Å²) >= 11 is 0. The number of fused-ring (bicyclic) bond motifs is 1. The zero-order chi connectivity index (χ0) is 15.4. The molecule has 0 aliphatic carbocycles. The van der Waals surface area contributed by atoms with E-state index < -0.39 is 36.1 Å². The Balaban J connectivity index is 2.12. The molecule has 114 valence electrons. The van der Waals surface area contributed by atoms with Crippen LogP contribution in [0.5, 0.6) is 0 Å². The Kier molecular flexibility index (Phi) is 2.97. The Morgan fingerprint density at radius 1 is 1.67 bits per heavy atom. The second-order valence-corrected chi connectivity index (χ2v) is 5.16. The zero-order valence-corrected chi connectivity index (χ0v) is 11.0. The van der Waals surface area contributed by atoms with Crippen LogP contribution in [0.3, 0.4) is 0 Å². The maximum atomic E-state index is 14.3. The summed E-state index contributed by atoms with van der Waals surface area (Å²) in [5, 5.41) is 23.0. The molecule has 2 aromatic rings. The largest absolute Gasteiger partial charge is 0.393 e. The molecule has 0 bridgehead atoms. The summed E-state index contributed by atoms with van der Waals surface area (Å²) in [4.78, 5) is 17.8. The molecule has 0 radical (unpaired) electrons. The van der Waals surface area contributed by atoms with E-state index in [1.165, 1.54) is 13.1 Å². The van der Waals surface area contributed by atoms with E-state index in [-0.39, 0.29) is 17.3 Å². The van der Waals surface area contributed by atoms with Gasteiger partial charge in [0, 0.05) is 0 Å². The molecule has 21 heavy (non-hydrogen) atoms. The van der Waals surface area contributed by atoms with Gasteiger partial charge in [0.05, 0.1) is 18.5 Å². The quantitative estimate of drug-likeness (QED) is 0.530. The number of nitrogens with one attached hydrogen (secondary N) is 1. The van der Waals surface area contributed by atoms with Gasteiger partial charge >= 0.3 is 0 Å². The number of alkyl halides is 1. The van der Waals surface area contributed by atoms with Crippen molar-refractivity contribution in [2.75, 3.05) is 12.3 Å². The highest BCUT2D eigenvalue weighted by atomic mass is 19.1. The molecule has 1 aliphatic heterocycles. The molecule has 9 nitrogen and oxygen atoms in total. The fourth-order valence-corrected chi connectivity index (χ4v) is 2.40. The van der Waals surface area contributed by atoms with Gasteiger partial charge in [-0.3, -0.25) is 9.78 Å². The number of anilines is 1. The maximum Gasteiger partial charge on any atom is 0.295 e. The standard InChI is InChI=1S/C11H14FN5O4/c1-11(3-18)7(19)5(12)6(21-11)4-2-14-8-9(20)15-10(13)16-17(4)8/h2,5-7,18-19H,3H2,1H3,(H3,13,15,16,20)/t5-,6?,7-,11?/m0/s1. The molecule has 2 aromatic heterocycles. The van der Waals surface area contributed by atoms with Crippen molar-refractivity contribution in [1.29, 1.82) is 0 Å². The second kappa shape index (κ2) is 4.48. The van der Waals surface area contributed by atoms with Crippen molar-refractivity contribution in [3.63, 3.8) is 0 Å². The number of aromatic nitrogens is 4. The van der Waals surface area contributed by atoms with Gasteiger partial charge in [0.1, 0.15) is 17.8 Å². The number of aliphatic hydroxyl groups excluding tert-OH is 2. The van der Waals surface area contributed by atoms with Crippen LogP contribution in [0.2, 0.25) is 0 Å². The average molecular weight is 299 g/mol. The Morgan fingerprint density at radius 2 is 2.38 bits per heavy atom. The van der Waals surface area contributed by atoms with Gasteiger partial charge in [-0.1, -0.05) is 0 Å². The Hall–Kier alpha value is -2.04. The Bertz CT molecular complexity index is 746. The van der Waals surface area contributed by atoms with E-state index in [0.717, 1.165) is 4.52 Å². The van der Waals surface area contributed by atoms with Crippen molar-refractivity contribution < 1.29 is 19.3 Å². The van der Waals surface area contributed by atoms with Gasteiger partial charge in [0.15, 0.2) is 6.17 Å². The number of rotatable bonds is 2. The van der Waals surface area contributed by atoms with Crippen LogP contribution >= 0.6 is 0 Å². The molecule has 4 atom stereocenters. The number of halogens is 1. The first-order chi connectivity index (χ1) is 9.87. The third kappa shape index (κ3) is 1.91. The number of H-pyrrole nitrogens is 1. The van der Waals surface area contributed by atoms with Gasteiger partial charge in [-0.25, -0.2) is 13.9 Å². The van der Waals surface area contributed by atoms with Gasteiger partial charge in [-0.2, -0.15) is 0 Å². The SMILES string of the molecule is CC1(CO)OC(c2cnc3c(=O)[nH]c(N)nn23)[C@H](F)[C@@H]1O. The number of nitrogen functional groups attached to an aromatic ring is 1. The van der Waals surface area contributed by atoms with Crippen molar-refractivity contribution in [3.05, 3.63) is 22.2 Å². The van der Waals surface area contributed by atoms with Crippen molar-refractivity contribution in [2.24, 2.45) is 0 Å². The van der Waals surface area contributed by atoms with Gasteiger partial charge < -0.3 is 20.7 Å². The normalized spacial score (nSPS) is 32.9. The summed E-state index contributed by atoms with van der Waals surface area (Å²) in [5.74, 6) is -0.161. The minimum absolute atomic E-state index is 0.0675. The topological polar surface area (TPSA) is 139 Å². The minimum Gasteiger partial charge on any atom is -0.393 e. The molecule has 1 saturated heterocycles. The van der Waals surface area contributed by atoms with Crippen LogP contribution in [0, 0.1) is 0 Å². The first-order valence-corrected chi connectivity index (χ1v) is 6.21. The zero-order valence-electron chi connectivity index (χ0n) is 11.0. The van der Waals surface area contributed by atoms with Crippen molar-refractivity contribution in [2.45, 2.75) is 30.9 Å². The minimum atomic E-state index is -1.80. The van der Waals surface area contributed by atoms with Crippen LogP contribution in [0.25, 0.3) is 5.65 Å². The molecular weight excluding hydrogens is 285 g/mol. The summed E-state index contributed by atoms with van der Waals surface area (Å²) in [6.07, 6.45) is -3.31. The number of aromatic amines is 1. The number of aliphatic hydroxyl groups is 2. The molecule has 2 unspecified atom stereocenters. The number of hydrogen-bond acceptors (Lipinski definition) is 7. The number of hydrogen-bond donors (Lipinski definition) is 4. The van der Waals surface area contributed by atoms with Crippen LogP contribution in [-0.2, 0) is 4.74 Å². The fraction of sp³-hybridized carbons (Fsp3) is 0.545. The van der Waals surface area contributed by atoms with E-state index in [1.54, 1.807) is 0 Å². The predicted molar refractivity (Wildman–Crippen MR) is 68.2 cm³/mol. The monoisotopic (exact) mass is 299 g/mol. The molecule has 3 heterocycles. The highest BCUT2D eigenvalue weighted by molar-refractivity contribution is 5.39. The molecule has 5 N–H and O–H groups in total. The fourth-order valence-electron chi connectivity index (χ4n) is 2.40. The summed E-state index contributed by atoms with van der Waals surface area (Å²) in [6.45, 7) is 0.833. The van der Waals surface area contributed by atoms with E-state index in [0.29, 0.717) is 0 Å². The van der Waals surface area contributed by atoms with Gasteiger partial charge in [0.2, 0.25) is 11.6 Å². The molecule has 0 saturated carbocycles. The van der Waals surface area contributed by atoms with E-state index >= 15 is 0 Å². The summed E-state index contributed by atoms with van der Waals surface area (Å²) in [7, 11) is 0. The number of imidazole rings is 1. The number of nitrogens with zero attached hydrogens (tertiary/aromatic N) is 3. The van der Waals surface area contributed by atoms with Gasteiger partial charge in [0.25, 0.3) is 5.56 Å². The van der Waals surface area contributed by atoms with Crippen molar-refractivity contribution in [3.8, 4) is 0 Å². The third-order valence-electron chi connectivity index (χ3n) is 3.63. The van der Waals surface area contributed by atoms with Crippen molar-refractivity contribution in [1.82, 2.24) is 19.6 Å². The summed E-state index contributed by atoms with van der Waals surface area (Å²) in [6, 6.07) is 0. The smallest absolute Gasteiger partial charge is 0.295 e. The molecule has 10 heteroatoms. The van der Waals surface area contributed by atoms with Crippen LogP contribution in [-0.4, -0.2) is 54.3 Å². The lowest BCUT2D eigenvalue weighted by molar-refractivity contribution is -0.100. The Labute approximate surface area is 117 Å². The van der Waals surface area contributed by atoms with Gasteiger partial charge in [-0.05, 0) is 6.92 Å². The molecule has 3 rings (SSSR count). The summed E-state index contributed by atoms with van der Waals surface area (Å²) in [5.41, 5.74) is 3.50. The first kappa shape index (κ1) is 13.9. The van der Waals surface area contributed by atoms with Crippen LogP contribution in [0.4, 0.5) is 10.3 Å². The third-order valence-corrected chi connectivity index (χ3v) is 3.63. The van der Waals surface area contributed by atoms with E-state index in [4.69, 9.17) is 10.5 Å². The Morgan fingerprint density at radius 3 is 3.00 bits per heavy atom. The molecule has 0 amide bonds. The lowest BCUT2D eigenvalue weighted by atomic mass is 9.98. The van der Waals surface area contributed by atoms with Crippen LogP contribution < -0.4 is 11.3 Å². The molecular formula is C11H14FN5O4. The molecule has 0 aromatic carbocycles. The van der Waals surface area contributed by atoms with E-state index in [2.05, 4.69) is 15.1 Å². The van der Waals surface area contributed by atoms with Crippen LogP contribution in [0.1, 0.15) is 18.7 Å². The predicted octanol–water partition coefficient (Wildman–Crippen LogP) is -1.48. The van der Waals surface area contributed by atoms with Crippen LogP contribution in [0.15, 0.2) is 11.0 Å². The van der Waals surface area contributed by atoms with Gasteiger partial charge in [-0.15, -0.1) is 5.10 Å². The lowest BCUT2D eigenvalue weighted by Gasteiger charge is -2.24. The molecule has 0 spiro atoms.